The van der Waals surface area contributed by atoms with Gasteiger partial charge in [-0.05, 0) is 48.9 Å². The Morgan fingerprint density at radius 3 is 2.36 bits per heavy atom. The van der Waals surface area contributed by atoms with Crippen molar-refractivity contribution in [2.24, 2.45) is 0 Å². The maximum Gasteiger partial charge on any atom is 0.413 e. The van der Waals surface area contributed by atoms with Crippen LogP contribution in [-0.4, -0.2) is 25.0 Å². The van der Waals surface area contributed by atoms with Crippen LogP contribution in [0.5, 0.6) is 0 Å². The molecule has 2 N–H and O–H groups in total. The minimum Gasteiger partial charge on any atom is -0.453 e. The van der Waals surface area contributed by atoms with Gasteiger partial charge in [0.1, 0.15) is 5.00 Å². The number of aryl methyl sites for hydroxylation is 3. The van der Waals surface area contributed by atoms with Gasteiger partial charge in [0.15, 0.2) is 0 Å². The number of ether oxygens (including phenoxy) is 1. The number of amides is 3. The molecule has 2 aromatic rings. The van der Waals surface area contributed by atoms with Gasteiger partial charge in [-0.1, -0.05) is 17.7 Å². The summed E-state index contributed by atoms with van der Waals surface area (Å²) in [6.07, 6.45) is -0.632. The Hall–Kier alpha value is -2.67. The van der Waals surface area contributed by atoms with E-state index in [0.29, 0.717) is 5.00 Å². The number of carbonyl (C=O) groups excluding carboxylic acids is 3. The van der Waals surface area contributed by atoms with Crippen LogP contribution in [-0.2, 0) is 16.0 Å². The van der Waals surface area contributed by atoms with Crippen molar-refractivity contribution >= 4 is 34.2 Å². The lowest BCUT2D eigenvalue weighted by atomic mass is 9.97. The van der Waals surface area contributed by atoms with Crippen LogP contribution < -0.4 is 10.6 Å². The van der Waals surface area contributed by atoms with Crippen LogP contribution in [0.4, 0.5) is 9.80 Å². The minimum atomic E-state index is -0.848. The van der Waals surface area contributed by atoms with E-state index in [1.165, 1.54) is 18.4 Å². The number of rotatable bonds is 4. The Balaban J connectivity index is 2.11. The molecular weight excluding hydrogens is 340 g/mol. The standard InChI is InChI=1S/C18H20N2O4S/c1-10-7-11(2)14(12(3)8-10)9-15(21)19-17-13(5-6-25-17)16(22)20-18(23)24-4/h5-8H,9H2,1-4H3,(H,19,21)(H,20,22,23). The maximum atomic E-state index is 12.4. The number of alkyl carbamates (subject to hydrolysis) is 1. The van der Waals surface area contributed by atoms with Crippen molar-refractivity contribution in [2.75, 3.05) is 12.4 Å². The van der Waals surface area contributed by atoms with Crippen molar-refractivity contribution in [1.82, 2.24) is 5.32 Å². The lowest BCUT2D eigenvalue weighted by molar-refractivity contribution is -0.115. The molecule has 0 saturated heterocycles. The van der Waals surface area contributed by atoms with Crippen molar-refractivity contribution in [1.29, 1.82) is 0 Å². The fourth-order valence-electron chi connectivity index (χ4n) is 2.62. The Kier molecular flexibility index (Phi) is 5.93. The molecule has 0 aliphatic heterocycles. The Morgan fingerprint density at radius 1 is 1.12 bits per heavy atom. The minimum absolute atomic E-state index is 0.216. The molecule has 1 heterocycles. The highest BCUT2D eigenvalue weighted by molar-refractivity contribution is 7.14. The molecule has 0 unspecified atom stereocenters. The molecule has 0 aliphatic rings. The van der Waals surface area contributed by atoms with E-state index in [0.717, 1.165) is 22.3 Å². The van der Waals surface area contributed by atoms with Crippen molar-refractivity contribution in [3.8, 4) is 0 Å². The van der Waals surface area contributed by atoms with E-state index >= 15 is 0 Å². The van der Waals surface area contributed by atoms with E-state index in [9.17, 15) is 14.4 Å². The van der Waals surface area contributed by atoms with Gasteiger partial charge in [0, 0.05) is 0 Å². The Labute approximate surface area is 150 Å². The summed E-state index contributed by atoms with van der Waals surface area (Å²) in [5.41, 5.74) is 4.46. The Bertz CT molecular complexity index is 803. The fourth-order valence-corrected chi connectivity index (χ4v) is 3.42. The molecule has 0 spiro atoms. The van der Waals surface area contributed by atoms with Crippen LogP contribution in [0, 0.1) is 20.8 Å². The molecule has 0 fully saturated rings. The second kappa shape index (κ2) is 7.94. The number of nitrogens with one attached hydrogen (secondary N) is 2. The molecule has 0 atom stereocenters. The first kappa shape index (κ1) is 18.7. The average Bonchev–Trinajstić information content (AvgIpc) is 2.98. The van der Waals surface area contributed by atoms with Gasteiger partial charge in [-0.25, -0.2) is 4.79 Å². The van der Waals surface area contributed by atoms with Gasteiger partial charge in [-0.15, -0.1) is 11.3 Å². The molecular formula is C18H20N2O4S. The summed E-state index contributed by atoms with van der Waals surface area (Å²) in [7, 11) is 1.17. The highest BCUT2D eigenvalue weighted by atomic mass is 32.1. The zero-order valence-corrected chi connectivity index (χ0v) is 15.4. The first-order chi connectivity index (χ1) is 11.8. The number of benzene rings is 1. The van der Waals surface area contributed by atoms with E-state index in [2.05, 4.69) is 15.4 Å². The third-order valence-electron chi connectivity index (χ3n) is 3.74. The number of carbonyl (C=O) groups is 3. The fraction of sp³-hybridized carbons (Fsp3) is 0.278. The number of anilines is 1. The second-order valence-electron chi connectivity index (χ2n) is 5.71. The van der Waals surface area contributed by atoms with E-state index < -0.39 is 12.0 Å². The van der Waals surface area contributed by atoms with Crippen molar-refractivity contribution < 1.29 is 19.1 Å². The molecule has 1 aromatic carbocycles. The van der Waals surface area contributed by atoms with Gasteiger partial charge in [0.05, 0.1) is 19.1 Å². The van der Waals surface area contributed by atoms with Crippen molar-refractivity contribution in [2.45, 2.75) is 27.2 Å². The highest BCUT2D eigenvalue weighted by Gasteiger charge is 2.18. The van der Waals surface area contributed by atoms with Gasteiger partial charge in [-0.3, -0.25) is 14.9 Å². The topological polar surface area (TPSA) is 84.5 Å². The average molecular weight is 360 g/mol. The largest absolute Gasteiger partial charge is 0.453 e. The molecule has 132 valence electrons. The van der Waals surface area contributed by atoms with Crippen LogP contribution in [0.1, 0.15) is 32.6 Å². The molecule has 0 saturated carbocycles. The van der Waals surface area contributed by atoms with Crippen LogP contribution in [0.3, 0.4) is 0 Å². The molecule has 3 amide bonds. The molecule has 0 bridgehead atoms. The van der Waals surface area contributed by atoms with E-state index in [4.69, 9.17) is 0 Å². The van der Waals surface area contributed by atoms with E-state index in [-0.39, 0.29) is 17.9 Å². The summed E-state index contributed by atoms with van der Waals surface area (Å²) in [6, 6.07) is 5.62. The Morgan fingerprint density at radius 2 is 1.76 bits per heavy atom. The van der Waals surface area contributed by atoms with Crippen LogP contribution in [0.2, 0.25) is 0 Å². The highest BCUT2D eigenvalue weighted by Crippen LogP contribution is 2.24. The van der Waals surface area contributed by atoms with E-state index in [1.54, 1.807) is 11.4 Å². The summed E-state index contributed by atoms with van der Waals surface area (Å²) in [5, 5.41) is 6.89. The molecule has 2 rings (SSSR count). The predicted molar refractivity (Wildman–Crippen MR) is 97.2 cm³/mol. The molecule has 25 heavy (non-hydrogen) atoms. The quantitative estimate of drug-likeness (QED) is 0.876. The molecule has 6 nitrogen and oxygen atoms in total. The number of hydrogen-bond acceptors (Lipinski definition) is 5. The SMILES string of the molecule is COC(=O)NC(=O)c1ccsc1NC(=O)Cc1c(C)cc(C)cc1C. The predicted octanol–water partition coefficient (Wildman–Crippen LogP) is 3.35. The number of hydrogen-bond donors (Lipinski definition) is 2. The summed E-state index contributed by atoms with van der Waals surface area (Å²) in [6.45, 7) is 5.97. The van der Waals surface area contributed by atoms with Gasteiger partial charge in [0.2, 0.25) is 5.91 Å². The zero-order chi connectivity index (χ0) is 18.6. The lowest BCUT2D eigenvalue weighted by Gasteiger charge is -2.12. The first-order valence-corrected chi connectivity index (χ1v) is 8.53. The van der Waals surface area contributed by atoms with Crippen molar-refractivity contribution in [3.05, 3.63) is 51.4 Å². The third kappa shape index (κ3) is 4.67. The second-order valence-corrected chi connectivity index (χ2v) is 6.63. The van der Waals surface area contributed by atoms with Gasteiger partial charge < -0.3 is 10.1 Å². The molecule has 7 heteroatoms. The van der Waals surface area contributed by atoms with Crippen molar-refractivity contribution in [3.63, 3.8) is 0 Å². The van der Waals surface area contributed by atoms with Crippen LogP contribution in [0.15, 0.2) is 23.6 Å². The van der Waals surface area contributed by atoms with Crippen LogP contribution in [0.25, 0.3) is 0 Å². The monoisotopic (exact) mass is 360 g/mol. The summed E-state index contributed by atoms with van der Waals surface area (Å²) >= 11 is 1.22. The van der Waals surface area contributed by atoms with E-state index in [1.807, 2.05) is 32.9 Å². The number of thiophene rings is 1. The normalized spacial score (nSPS) is 10.2. The van der Waals surface area contributed by atoms with Gasteiger partial charge in [-0.2, -0.15) is 0 Å². The third-order valence-corrected chi connectivity index (χ3v) is 4.57. The van der Waals surface area contributed by atoms with Crippen LogP contribution >= 0.6 is 11.3 Å². The lowest BCUT2D eigenvalue weighted by Crippen LogP contribution is -2.30. The number of imide groups is 1. The first-order valence-electron chi connectivity index (χ1n) is 7.65. The van der Waals surface area contributed by atoms with Gasteiger partial charge in [0.25, 0.3) is 5.91 Å². The molecule has 0 radical (unpaired) electrons. The molecule has 0 aliphatic carbocycles. The van der Waals surface area contributed by atoms with Gasteiger partial charge >= 0.3 is 6.09 Å². The smallest absolute Gasteiger partial charge is 0.413 e. The zero-order valence-electron chi connectivity index (χ0n) is 14.6. The summed E-state index contributed by atoms with van der Waals surface area (Å²) in [5.74, 6) is -0.837. The molecule has 1 aromatic heterocycles. The number of methoxy groups -OCH3 is 1. The maximum absolute atomic E-state index is 12.4. The summed E-state index contributed by atoms with van der Waals surface area (Å²) < 4.78 is 4.40. The summed E-state index contributed by atoms with van der Waals surface area (Å²) in [4.78, 5) is 35.6.